The smallest absolute Gasteiger partial charge is 0.270 e. The zero-order valence-electron chi connectivity index (χ0n) is 15.3. The summed E-state index contributed by atoms with van der Waals surface area (Å²) in [5.41, 5.74) is 1.98. The molecule has 5 heterocycles. The monoisotopic (exact) mass is 371 g/mol. The molecule has 0 saturated carbocycles. The Labute approximate surface area is 157 Å². The lowest BCUT2D eigenvalue weighted by atomic mass is 9.75. The predicted molar refractivity (Wildman–Crippen MR) is 97.5 cm³/mol. The normalized spacial score (nSPS) is 32.0. The van der Waals surface area contributed by atoms with Crippen LogP contribution in [0.4, 0.5) is 8.78 Å². The van der Waals surface area contributed by atoms with Crippen LogP contribution in [0.15, 0.2) is 30.5 Å². The first-order valence-corrected chi connectivity index (χ1v) is 9.68. The molecule has 4 saturated heterocycles. The zero-order chi connectivity index (χ0) is 18.7. The van der Waals surface area contributed by atoms with E-state index in [9.17, 15) is 13.6 Å². The molecule has 2 bridgehead atoms. The van der Waals surface area contributed by atoms with Crippen LogP contribution >= 0.6 is 0 Å². The number of likely N-dealkylation sites (tertiary alicyclic amines) is 1. The van der Waals surface area contributed by atoms with Crippen LogP contribution in [-0.2, 0) is 0 Å². The number of rotatable bonds is 2. The number of carbonyl (C=O) groups excluding carboxylic acids is 1. The minimum atomic E-state index is -0.815. The molecule has 0 radical (unpaired) electrons. The molecule has 6 heteroatoms. The number of nitrogens with zero attached hydrogens (tertiary/aromatic N) is 2. The summed E-state index contributed by atoms with van der Waals surface area (Å²) in [6.45, 7) is 4.32. The van der Waals surface area contributed by atoms with E-state index < -0.39 is 11.6 Å². The van der Waals surface area contributed by atoms with Crippen LogP contribution < -0.4 is 0 Å². The third kappa shape index (κ3) is 2.53. The largest absolute Gasteiger partial charge is 0.357 e. The second kappa shape index (κ2) is 6.16. The van der Waals surface area contributed by atoms with Crippen molar-refractivity contribution in [1.29, 1.82) is 0 Å². The number of nitrogens with one attached hydrogen (secondary N) is 1. The molecule has 4 fully saturated rings. The van der Waals surface area contributed by atoms with Crippen LogP contribution in [0, 0.1) is 24.5 Å². The SMILES string of the molecule is Cc1c[nH]c(C(=O)N2C[C@H](c3cccc(F)c3F)[C@H]3[C@@H]2C2CCN3CC2)c1. The van der Waals surface area contributed by atoms with Gasteiger partial charge in [-0.05, 0) is 62.0 Å². The second-order valence-corrected chi connectivity index (χ2v) is 8.15. The Morgan fingerprint density at radius 1 is 1.19 bits per heavy atom. The van der Waals surface area contributed by atoms with Gasteiger partial charge in [0, 0.05) is 24.7 Å². The fourth-order valence-electron chi connectivity index (χ4n) is 5.52. The zero-order valence-corrected chi connectivity index (χ0v) is 15.3. The summed E-state index contributed by atoms with van der Waals surface area (Å²) in [6, 6.07) is 6.39. The standard InChI is InChI=1S/C21H23F2N3O/c1-12-9-17(24-10-12)21(27)26-11-15(14-3-2-4-16(22)18(14)23)20-19(26)13-5-7-25(20)8-6-13/h2-4,9-10,13,15,19-20,24H,5-8,11H2,1H3/t15-,19+,20+/m1/s1. The molecule has 142 valence electrons. The molecule has 27 heavy (non-hydrogen) atoms. The number of piperidine rings is 3. The van der Waals surface area contributed by atoms with Gasteiger partial charge in [0.2, 0.25) is 0 Å². The van der Waals surface area contributed by atoms with E-state index in [1.807, 2.05) is 24.1 Å². The molecule has 6 rings (SSSR count). The number of H-pyrrole nitrogens is 1. The molecule has 1 aromatic heterocycles. The van der Waals surface area contributed by atoms with Crippen LogP contribution in [0.25, 0.3) is 0 Å². The minimum Gasteiger partial charge on any atom is -0.357 e. The predicted octanol–water partition coefficient (Wildman–Crippen LogP) is 3.30. The van der Waals surface area contributed by atoms with Crippen molar-refractivity contribution in [1.82, 2.24) is 14.8 Å². The van der Waals surface area contributed by atoms with Gasteiger partial charge in [0.25, 0.3) is 5.91 Å². The van der Waals surface area contributed by atoms with Gasteiger partial charge < -0.3 is 9.88 Å². The summed E-state index contributed by atoms with van der Waals surface area (Å²) in [7, 11) is 0. The molecular formula is C21H23F2N3O. The number of halogens is 2. The Hall–Kier alpha value is -2.21. The number of fused-ring (bicyclic) bond motifs is 2. The molecular weight excluding hydrogens is 348 g/mol. The first kappa shape index (κ1) is 16.9. The van der Waals surface area contributed by atoms with Crippen LogP contribution in [0.5, 0.6) is 0 Å². The number of carbonyl (C=O) groups is 1. The molecule has 3 atom stereocenters. The van der Waals surface area contributed by atoms with Gasteiger partial charge in [-0.1, -0.05) is 12.1 Å². The van der Waals surface area contributed by atoms with Gasteiger partial charge in [0.05, 0.1) is 6.04 Å². The lowest BCUT2D eigenvalue weighted by Gasteiger charge is -2.51. The third-order valence-corrected chi connectivity index (χ3v) is 6.69. The molecule has 1 amide bonds. The molecule has 0 aliphatic carbocycles. The van der Waals surface area contributed by atoms with E-state index in [2.05, 4.69) is 9.88 Å². The number of hydrogen-bond donors (Lipinski definition) is 1. The van der Waals surface area contributed by atoms with E-state index in [1.54, 1.807) is 12.1 Å². The molecule has 0 spiro atoms. The number of amides is 1. The van der Waals surface area contributed by atoms with Crippen molar-refractivity contribution in [2.45, 2.75) is 37.8 Å². The summed E-state index contributed by atoms with van der Waals surface area (Å²) in [5.74, 6) is -1.39. The van der Waals surface area contributed by atoms with E-state index in [-0.39, 0.29) is 23.9 Å². The minimum absolute atomic E-state index is 0.0360. The van der Waals surface area contributed by atoms with Gasteiger partial charge in [-0.15, -0.1) is 0 Å². The number of hydrogen-bond acceptors (Lipinski definition) is 2. The van der Waals surface area contributed by atoms with E-state index in [0.29, 0.717) is 23.7 Å². The summed E-state index contributed by atoms with van der Waals surface area (Å²) < 4.78 is 28.5. The van der Waals surface area contributed by atoms with Gasteiger partial charge in [0.1, 0.15) is 5.69 Å². The average Bonchev–Trinajstić information content (AvgIpc) is 3.30. The highest BCUT2D eigenvalue weighted by molar-refractivity contribution is 5.93. The van der Waals surface area contributed by atoms with Crippen LogP contribution in [0.3, 0.4) is 0 Å². The maximum atomic E-state index is 14.6. The number of aryl methyl sites for hydroxylation is 1. The first-order valence-electron chi connectivity index (χ1n) is 9.68. The van der Waals surface area contributed by atoms with E-state index in [0.717, 1.165) is 37.6 Å². The van der Waals surface area contributed by atoms with Crippen molar-refractivity contribution in [2.24, 2.45) is 5.92 Å². The Morgan fingerprint density at radius 3 is 2.67 bits per heavy atom. The van der Waals surface area contributed by atoms with Gasteiger partial charge >= 0.3 is 0 Å². The maximum absolute atomic E-state index is 14.6. The molecule has 4 aliphatic rings. The van der Waals surface area contributed by atoms with Crippen LogP contribution in [0.1, 0.15) is 40.4 Å². The molecule has 1 N–H and O–H groups in total. The highest BCUT2D eigenvalue weighted by Gasteiger charge is 2.55. The summed E-state index contributed by atoms with van der Waals surface area (Å²) in [6.07, 6.45) is 3.95. The fraction of sp³-hybridized carbons (Fsp3) is 0.476. The first-order chi connectivity index (χ1) is 13.0. The quantitative estimate of drug-likeness (QED) is 0.880. The van der Waals surface area contributed by atoms with Crippen LogP contribution in [-0.4, -0.2) is 52.4 Å². The Kier molecular flexibility index (Phi) is 3.86. The topological polar surface area (TPSA) is 39.3 Å². The molecule has 4 nitrogen and oxygen atoms in total. The number of benzene rings is 1. The highest BCUT2D eigenvalue weighted by Crippen LogP contribution is 2.47. The van der Waals surface area contributed by atoms with E-state index in [4.69, 9.17) is 0 Å². The van der Waals surface area contributed by atoms with Gasteiger partial charge in [-0.25, -0.2) is 8.78 Å². The summed E-state index contributed by atoms with van der Waals surface area (Å²) in [5, 5.41) is 0. The second-order valence-electron chi connectivity index (χ2n) is 8.15. The van der Waals surface area contributed by atoms with Crippen molar-refractivity contribution in [2.75, 3.05) is 19.6 Å². The lowest BCUT2D eigenvalue weighted by Crippen LogP contribution is -2.60. The van der Waals surface area contributed by atoms with E-state index >= 15 is 0 Å². The van der Waals surface area contributed by atoms with Crippen molar-refractivity contribution in [3.63, 3.8) is 0 Å². The number of aromatic nitrogens is 1. The maximum Gasteiger partial charge on any atom is 0.270 e. The molecule has 4 aliphatic heterocycles. The van der Waals surface area contributed by atoms with Crippen LogP contribution in [0.2, 0.25) is 0 Å². The average molecular weight is 371 g/mol. The van der Waals surface area contributed by atoms with Crippen molar-refractivity contribution >= 4 is 5.91 Å². The molecule has 1 aromatic carbocycles. The summed E-state index contributed by atoms with van der Waals surface area (Å²) >= 11 is 0. The van der Waals surface area contributed by atoms with Gasteiger partial charge in [0.15, 0.2) is 11.6 Å². The Morgan fingerprint density at radius 2 is 1.96 bits per heavy atom. The lowest BCUT2D eigenvalue weighted by molar-refractivity contribution is -0.00374. The Bertz CT molecular complexity index is 887. The third-order valence-electron chi connectivity index (χ3n) is 6.69. The van der Waals surface area contributed by atoms with E-state index in [1.165, 1.54) is 0 Å². The molecule has 0 unspecified atom stereocenters. The van der Waals surface area contributed by atoms with Gasteiger partial charge in [-0.2, -0.15) is 0 Å². The summed E-state index contributed by atoms with van der Waals surface area (Å²) in [4.78, 5) is 20.6. The number of aromatic amines is 1. The van der Waals surface area contributed by atoms with Gasteiger partial charge in [-0.3, -0.25) is 9.69 Å². The van der Waals surface area contributed by atoms with Crippen molar-refractivity contribution < 1.29 is 13.6 Å². The highest BCUT2D eigenvalue weighted by atomic mass is 19.2. The Balaban J connectivity index is 1.56. The van der Waals surface area contributed by atoms with Crippen molar-refractivity contribution in [3.8, 4) is 0 Å². The fourth-order valence-corrected chi connectivity index (χ4v) is 5.52. The van der Waals surface area contributed by atoms with Crippen molar-refractivity contribution in [3.05, 3.63) is 58.9 Å². The molecule has 2 aromatic rings.